The lowest BCUT2D eigenvalue weighted by Gasteiger charge is -2.18. The van der Waals surface area contributed by atoms with Crippen LogP contribution in [0.4, 0.5) is 0 Å². The number of hydrogen-bond donors (Lipinski definition) is 0. The van der Waals surface area contributed by atoms with Gasteiger partial charge >= 0.3 is 11.9 Å². The minimum absolute atomic E-state index is 0.0757. The van der Waals surface area contributed by atoms with Crippen molar-refractivity contribution in [3.05, 3.63) is 48.6 Å². The summed E-state index contributed by atoms with van der Waals surface area (Å²) < 4.78 is 17.3. The Balaban J connectivity index is 4.24. The number of rotatable bonds is 44. The maximum absolute atomic E-state index is 12.7. The summed E-state index contributed by atoms with van der Waals surface area (Å²) in [6.45, 7) is 7.74. The van der Waals surface area contributed by atoms with Crippen LogP contribution in [0.15, 0.2) is 48.6 Å². The van der Waals surface area contributed by atoms with E-state index in [1.54, 1.807) is 0 Å². The quantitative estimate of drug-likeness (QED) is 0.0350. The number of esters is 2. The van der Waals surface area contributed by atoms with Gasteiger partial charge in [0.05, 0.1) is 6.61 Å². The predicted octanol–water partition coefficient (Wildman–Crippen LogP) is 16.0. The van der Waals surface area contributed by atoms with Crippen molar-refractivity contribution in [2.75, 3.05) is 19.8 Å². The number of hydrogen-bond acceptors (Lipinski definition) is 5. The lowest BCUT2D eigenvalue weighted by atomic mass is 10.1. The van der Waals surface area contributed by atoms with Gasteiger partial charge in [0.25, 0.3) is 0 Å². The maximum atomic E-state index is 12.7. The van der Waals surface area contributed by atoms with Crippen molar-refractivity contribution < 1.29 is 23.8 Å². The monoisotopic (exact) mass is 785 g/mol. The van der Waals surface area contributed by atoms with Gasteiger partial charge in [-0.2, -0.15) is 0 Å². The number of unbranched alkanes of at least 4 members (excludes halogenated alkanes) is 25. The zero-order valence-corrected chi connectivity index (χ0v) is 37.4. The summed E-state index contributed by atoms with van der Waals surface area (Å²) in [5, 5.41) is 0. The Kier molecular flexibility index (Phi) is 45.4. The highest BCUT2D eigenvalue weighted by atomic mass is 16.6. The number of carbonyl (C=O) groups is 2. The Morgan fingerprint density at radius 2 is 0.750 bits per heavy atom. The van der Waals surface area contributed by atoms with E-state index in [-0.39, 0.29) is 25.2 Å². The van der Waals surface area contributed by atoms with Gasteiger partial charge in [-0.1, -0.05) is 191 Å². The molecule has 0 saturated heterocycles. The third-order valence-electron chi connectivity index (χ3n) is 10.3. The molecule has 0 rings (SSSR count). The van der Waals surface area contributed by atoms with Crippen molar-refractivity contribution >= 4 is 11.9 Å². The van der Waals surface area contributed by atoms with Gasteiger partial charge in [0, 0.05) is 19.4 Å². The van der Waals surface area contributed by atoms with Gasteiger partial charge in [-0.25, -0.2) is 0 Å². The molecule has 1 atom stereocenters. The van der Waals surface area contributed by atoms with Gasteiger partial charge in [0.2, 0.25) is 0 Å². The fourth-order valence-corrected chi connectivity index (χ4v) is 6.69. The SMILES string of the molecule is CCCCC/C=C\C/C=C\CCCCCCCCOCC(COC(=O)CCCCCCC/C=C\C/C=C\CCCCC)OC(=O)CCCCCCCCCCC. The molecule has 0 aliphatic rings. The smallest absolute Gasteiger partial charge is 0.306 e. The summed E-state index contributed by atoms with van der Waals surface area (Å²) in [5.74, 6) is -0.416. The first-order chi connectivity index (χ1) is 27.6. The molecule has 0 aromatic rings. The molecule has 0 aromatic carbocycles. The van der Waals surface area contributed by atoms with Crippen molar-refractivity contribution in [1.82, 2.24) is 0 Å². The van der Waals surface area contributed by atoms with E-state index >= 15 is 0 Å². The predicted molar refractivity (Wildman–Crippen MR) is 242 cm³/mol. The molecule has 0 spiro atoms. The molecular weight excluding hydrogens is 693 g/mol. The van der Waals surface area contributed by atoms with Crippen molar-refractivity contribution in [2.45, 2.75) is 245 Å². The maximum Gasteiger partial charge on any atom is 0.306 e. The summed E-state index contributed by atoms with van der Waals surface area (Å²) in [5.41, 5.74) is 0. The van der Waals surface area contributed by atoms with Gasteiger partial charge < -0.3 is 14.2 Å². The van der Waals surface area contributed by atoms with E-state index < -0.39 is 6.10 Å². The van der Waals surface area contributed by atoms with E-state index in [2.05, 4.69) is 69.4 Å². The van der Waals surface area contributed by atoms with E-state index in [1.165, 1.54) is 141 Å². The van der Waals surface area contributed by atoms with Crippen molar-refractivity contribution in [3.63, 3.8) is 0 Å². The minimum Gasteiger partial charge on any atom is -0.462 e. The number of ether oxygens (including phenoxy) is 3. The summed E-state index contributed by atoms with van der Waals surface area (Å²) in [7, 11) is 0. The van der Waals surface area contributed by atoms with Crippen LogP contribution >= 0.6 is 0 Å². The zero-order valence-electron chi connectivity index (χ0n) is 37.4. The van der Waals surface area contributed by atoms with Gasteiger partial charge in [0.15, 0.2) is 6.10 Å². The van der Waals surface area contributed by atoms with Crippen molar-refractivity contribution in [2.24, 2.45) is 0 Å². The van der Waals surface area contributed by atoms with Gasteiger partial charge in [-0.3, -0.25) is 9.59 Å². The molecule has 0 bridgehead atoms. The summed E-state index contributed by atoms with van der Waals surface area (Å²) >= 11 is 0. The third-order valence-corrected chi connectivity index (χ3v) is 10.3. The first-order valence-electron chi connectivity index (χ1n) is 24.2. The van der Waals surface area contributed by atoms with Gasteiger partial charge in [0.1, 0.15) is 6.61 Å². The summed E-state index contributed by atoms with van der Waals surface area (Å²) in [6, 6.07) is 0. The zero-order chi connectivity index (χ0) is 40.7. The second kappa shape index (κ2) is 47.2. The molecule has 1 unspecified atom stereocenters. The average Bonchev–Trinajstić information content (AvgIpc) is 3.20. The molecule has 0 radical (unpaired) electrons. The second-order valence-corrected chi connectivity index (χ2v) is 16.0. The van der Waals surface area contributed by atoms with E-state index in [1.807, 2.05) is 0 Å². The van der Waals surface area contributed by atoms with E-state index in [0.717, 1.165) is 64.2 Å². The third kappa shape index (κ3) is 44.6. The van der Waals surface area contributed by atoms with Crippen LogP contribution < -0.4 is 0 Å². The van der Waals surface area contributed by atoms with E-state index in [0.29, 0.717) is 19.4 Å². The van der Waals surface area contributed by atoms with Gasteiger partial charge in [-0.05, 0) is 83.5 Å². The van der Waals surface area contributed by atoms with Gasteiger partial charge in [-0.15, -0.1) is 0 Å². The van der Waals surface area contributed by atoms with E-state index in [4.69, 9.17) is 14.2 Å². The van der Waals surface area contributed by atoms with Crippen molar-refractivity contribution in [3.8, 4) is 0 Å². The van der Waals surface area contributed by atoms with Crippen LogP contribution in [0.3, 0.4) is 0 Å². The molecule has 326 valence electrons. The molecule has 0 amide bonds. The normalized spacial score (nSPS) is 12.6. The molecule has 0 aliphatic heterocycles. The average molecular weight is 785 g/mol. The molecule has 56 heavy (non-hydrogen) atoms. The summed E-state index contributed by atoms with van der Waals surface area (Å²) in [6.07, 6.45) is 56.8. The van der Waals surface area contributed by atoms with Crippen LogP contribution in [0.5, 0.6) is 0 Å². The molecule has 0 heterocycles. The van der Waals surface area contributed by atoms with Crippen LogP contribution in [0.25, 0.3) is 0 Å². The van der Waals surface area contributed by atoms with Crippen LogP contribution in [-0.2, 0) is 23.8 Å². The topological polar surface area (TPSA) is 61.8 Å². The molecule has 0 aromatic heterocycles. The Hall–Kier alpha value is -2.14. The van der Waals surface area contributed by atoms with Crippen LogP contribution in [0, 0.1) is 0 Å². The summed E-state index contributed by atoms with van der Waals surface area (Å²) in [4.78, 5) is 25.2. The first-order valence-corrected chi connectivity index (χ1v) is 24.2. The molecule has 0 fully saturated rings. The Morgan fingerprint density at radius 1 is 0.393 bits per heavy atom. The largest absolute Gasteiger partial charge is 0.462 e. The molecule has 5 nitrogen and oxygen atoms in total. The highest BCUT2D eigenvalue weighted by Gasteiger charge is 2.17. The van der Waals surface area contributed by atoms with E-state index in [9.17, 15) is 9.59 Å². The highest BCUT2D eigenvalue weighted by Crippen LogP contribution is 2.13. The second-order valence-electron chi connectivity index (χ2n) is 16.0. The molecule has 5 heteroatoms. The first kappa shape index (κ1) is 53.9. The Labute approximate surface area is 348 Å². The number of allylic oxidation sites excluding steroid dienone is 8. The molecule has 0 saturated carbocycles. The van der Waals surface area contributed by atoms with Crippen LogP contribution in [-0.4, -0.2) is 37.9 Å². The molecule has 0 N–H and O–H groups in total. The Morgan fingerprint density at radius 3 is 1.21 bits per heavy atom. The molecular formula is C51H92O5. The number of carbonyl (C=O) groups excluding carboxylic acids is 2. The van der Waals surface area contributed by atoms with Crippen LogP contribution in [0.1, 0.15) is 239 Å². The lowest BCUT2D eigenvalue weighted by Crippen LogP contribution is -2.30. The van der Waals surface area contributed by atoms with Crippen LogP contribution in [0.2, 0.25) is 0 Å². The Bertz CT molecular complexity index is 935. The standard InChI is InChI=1S/C51H92O5/c1-4-7-10-13-16-19-21-23-25-27-29-31-34-37-40-43-46-54-47-49(56-51(53)45-42-39-36-32-18-15-12-9-6-3)48-55-50(52)44-41-38-35-33-30-28-26-24-22-20-17-14-11-8-5-2/h16-17,19-20,23-26,49H,4-15,18,21-22,27-48H2,1-3H3/b19-16-,20-17-,25-23-,26-24-. The van der Waals surface area contributed by atoms with Crippen molar-refractivity contribution in [1.29, 1.82) is 0 Å². The minimum atomic E-state index is -0.542. The lowest BCUT2D eigenvalue weighted by molar-refractivity contribution is -0.163. The fraction of sp³-hybridized carbons (Fsp3) is 0.804. The highest BCUT2D eigenvalue weighted by molar-refractivity contribution is 5.70. The fourth-order valence-electron chi connectivity index (χ4n) is 6.69. The molecule has 0 aliphatic carbocycles.